The smallest absolute Gasteiger partial charge is 0.191 e. The van der Waals surface area contributed by atoms with Crippen LogP contribution in [0.3, 0.4) is 0 Å². The van der Waals surface area contributed by atoms with Crippen molar-refractivity contribution in [3.63, 3.8) is 0 Å². The Morgan fingerprint density at radius 2 is 1.71 bits per heavy atom. The van der Waals surface area contributed by atoms with Crippen molar-refractivity contribution in [3.8, 4) is 5.75 Å². The number of ether oxygens (including phenoxy) is 2. The van der Waals surface area contributed by atoms with Crippen molar-refractivity contribution in [2.45, 2.75) is 37.8 Å². The van der Waals surface area contributed by atoms with Crippen LogP contribution in [0, 0.1) is 11.6 Å². The van der Waals surface area contributed by atoms with Crippen molar-refractivity contribution in [2.24, 2.45) is 0 Å². The zero-order valence-corrected chi connectivity index (χ0v) is 16.7. The zero-order chi connectivity index (χ0) is 20.3. The monoisotopic (exact) mass is 431 g/mol. The SMILES string of the molecule is CC(c1cc(F)c(OC2CCOCC2)c(F)c1)C(NO)c1ccc(Cl)c(Cl)c1. The molecule has 2 N–H and O–H groups in total. The number of halogens is 4. The first-order valence-corrected chi connectivity index (χ1v) is 9.74. The van der Waals surface area contributed by atoms with Crippen LogP contribution in [0.25, 0.3) is 0 Å². The van der Waals surface area contributed by atoms with Crippen LogP contribution in [0.4, 0.5) is 8.78 Å². The molecule has 0 saturated carbocycles. The predicted octanol–water partition coefficient (Wildman–Crippen LogP) is 5.65. The molecule has 2 aromatic rings. The Morgan fingerprint density at radius 1 is 1.07 bits per heavy atom. The Labute approximate surface area is 172 Å². The number of benzene rings is 2. The highest BCUT2D eigenvalue weighted by Crippen LogP contribution is 2.36. The van der Waals surface area contributed by atoms with Crippen molar-refractivity contribution >= 4 is 23.2 Å². The van der Waals surface area contributed by atoms with Gasteiger partial charge in [-0.05, 0) is 35.4 Å². The van der Waals surface area contributed by atoms with E-state index in [1.807, 2.05) is 0 Å². The van der Waals surface area contributed by atoms with E-state index in [2.05, 4.69) is 5.48 Å². The van der Waals surface area contributed by atoms with E-state index in [9.17, 15) is 14.0 Å². The predicted molar refractivity (Wildman–Crippen MR) is 103 cm³/mol. The van der Waals surface area contributed by atoms with Gasteiger partial charge in [0.25, 0.3) is 0 Å². The average Bonchev–Trinajstić information content (AvgIpc) is 2.68. The van der Waals surface area contributed by atoms with Crippen LogP contribution in [0.2, 0.25) is 10.0 Å². The highest BCUT2D eigenvalue weighted by Gasteiger charge is 2.25. The highest BCUT2D eigenvalue weighted by molar-refractivity contribution is 6.42. The number of hydrogen-bond acceptors (Lipinski definition) is 4. The standard InChI is InChI=1S/C20H21Cl2F2NO3/c1-11(19(25-26)12-2-3-15(21)16(22)8-12)13-9-17(23)20(18(24)10-13)28-14-4-6-27-7-5-14/h2-3,8-11,14,19,25-26H,4-7H2,1H3. The number of hydrogen-bond donors (Lipinski definition) is 2. The molecule has 0 amide bonds. The summed E-state index contributed by atoms with van der Waals surface area (Å²) in [5.41, 5.74) is 3.19. The van der Waals surface area contributed by atoms with Crippen LogP contribution in [0.5, 0.6) is 5.75 Å². The number of hydroxylamine groups is 1. The summed E-state index contributed by atoms with van der Waals surface area (Å²) in [5, 5.41) is 10.3. The second-order valence-corrected chi connectivity index (χ2v) is 7.63. The lowest BCUT2D eigenvalue weighted by atomic mass is 9.89. The van der Waals surface area contributed by atoms with Gasteiger partial charge < -0.3 is 14.7 Å². The first-order chi connectivity index (χ1) is 13.4. The molecule has 2 atom stereocenters. The van der Waals surface area contributed by atoms with E-state index in [1.54, 1.807) is 25.1 Å². The van der Waals surface area contributed by atoms with Crippen LogP contribution in [-0.4, -0.2) is 24.5 Å². The average molecular weight is 432 g/mol. The Kier molecular flexibility index (Phi) is 7.12. The van der Waals surface area contributed by atoms with Crippen molar-refractivity contribution in [2.75, 3.05) is 13.2 Å². The molecule has 1 fully saturated rings. The van der Waals surface area contributed by atoms with Crippen molar-refractivity contribution in [3.05, 3.63) is 63.1 Å². The van der Waals surface area contributed by atoms with E-state index < -0.39 is 23.6 Å². The highest BCUT2D eigenvalue weighted by atomic mass is 35.5. The minimum atomic E-state index is -0.779. The van der Waals surface area contributed by atoms with Gasteiger partial charge in [0.1, 0.15) is 6.10 Å². The van der Waals surface area contributed by atoms with Crippen LogP contribution in [0.1, 0.15) is 42.9 Å². The molecule has 2 unspecified atom stereocenters. The first kappa shape index (κ1) is 21.3. The van der Waals surface area contributed by atoms with Gasteiger partial charge in [-0.2, -0.15) is 5.48 Å². The number of rotatable bonds is 6. The molecule has 2 aromatic carbocycles. The molecule has 8 heteroatoms. The molecule has 3 rings (SSSR count). The van der Waals surface area contributed by atoms with Gasteiger partial charge in [0.2, 0.25) is 0 Å². The van der Waals surface area contributed by atoms with Crippen LogP contribution in [-0.2, 0) is 4.74 Å². The molecule has 28 heavy (non-hydrogen) atoms. The first-order valence-electron chi connectivity index (χ1n) is 8.98. The molecule has 0 aliphatic carbocycles. The molecule has 1 heterocycles. The summed E-state index contributed by atoms with van der Waals surface area (Å²) in [6.07, 6.45) is 0.902. The van der Waals surface area contributed by atoms with E-state index >= 15 is 0 Å². The normalized spacial score (nSPS) is 17.4. The number of nitrogens with one attached hydrogen (secondary N) is 1. The van der Waals surface area contributed by atoms with Gasteiger partial charge in [0.05, 0.1) is 29.3 Å². The van der Waals surface area contributed by atoms with Gasteiger partial charge in [-0.1, -0.05) is 36.2 Å². The van der Waals surface area contributed by atoms with Crippen molar-refractivity contribution in [1.82, 2.24) is 5.48 Å². The van der Waals surface area contributed by atoms with E-state index in [1.165, 1.54) is 12.1 Å². The summed E-state index contributed by atoms with van der Waals surface area (Å²) >= 11 is 12.0. The molecular formula is C20H21Cl2F2NO3. The fourth-order valence-corrected chi connectivity index (χ4v) is 3.60. The van der Waals surface area contributed by atoms with Gasteiger partial charge in [-0.3, -0.25) is 0 Å². The molecule has 1 aliphatic heterocycles. The Bertz CT molecular complexity index is 808. The minimum Gasteiger partial charge on any atom is -0.484 e. The lowest BCUT2D eigenvalue weighted by Crippen LogP contribution is -2.27. The molecule has 4 nitrogen and oxygen atoms in total. The zero-order valence-electron chi connectivity index (χ0n) is 15.2. The third-order valence-corrected chi connectivity index (χ3v) is 5.68. The Hall–Kier alpha value is -1.44. The molecule has 152 valence electrons. The van der Waals surface area contributed by atoms with Crippen LogP contribution < -0.4 is 10.2 Å². The van der Waals surface area contributed by atoms with E-state index in [4.69, 9.17) is 32.7 Å². The second kappa shape index (κ2) is 9.37. The van der Waals surface area contributed by atoms with Crippen molar-refractivity contribution in [1.29, 1.82) is 0 Å². The fraction of sp³-hybridized carbons (Fsp3) is 0.400. The maximum absolute atomic E-state index is 14.6. The van der Waals surface area contributed by atoms with Crippen LogP contribution in [0.15, 0.2) is 30.3 Å². The molecule has 0 radical (unpaired) electrons. The van der Waals surface area contributed by atoms with Crippen LogP contribution >= 0.6 is 23.2 Å². The van der Waals surface area contributed by atoms with E-state index in [0.29, 0.717) is 47.2 Å². The van der Waals surface area contributed by atoms with Gasteiger partial charge in [-0.15, -0.1) is 0 Å². The largest absolute Gasteiger partial charge is 0.484 e. The van der Waals surface area contributed by atoms with Crippen molar-refractivity contribution < 1.29 is 23.5 Å². The summed E-state index contributed by atoms with van der Waals surface area (Å²) in [6.45, 7) is 2.76. The maximum atomic E-state index is 14.6. The van der Waals surface area contributed by atoms with E-state index in [-0.39, 0.29) is 11.9 Å². The van der Waals surface area contributed by atoms with Gasteiger partial charge >= 0.3 is 0 Å². The summed E-state index contributed by atoms with van der Waals surface area (Å²) < 4.78 is 39.9. The quantitative estimate of drug-likeness (QED) is 0.579. The molecule has 1 aliphatic rings. The molecule has 1 saturated heterocycles. The van der Waals surface area contributed by atoms with E-state index in [0.717, 1.165) is 0 Å². The van der Waals surface area contributed by atoms with Gasteiger partial charge in [0.15, 0.2) is 17.4 Å². The Morgan fingerprint density at radius 3 is 2.29 bits per heavy atom. The topological polar surface area (TPSA) is 50.7 Å². The second-order valence-electron chi connectivity index (χ2n) is 6.81. The molecule has 0 bridgehead atoms. The summed E-state index contributed by atoms with van der Waals surface area (Å²) in [7, 11) is 0. The third-order valence-electron chi connectivity index (χ3n) is 4.94. The lowest BCUT2D eigenvalue weighted by molar-refractivity contribution is 0.0223. The third kappa shape index (κ3) is 4.75. The Balaban J connectivity index is 1.84. The fourth-order valence-electron chi connectivity index (χ4n) is 3.29. The van der Waals surface area contributed by atoms with Gasteiger partial charge in [0, 0.05) is 18.8 Å². The summed E-state index contributed by atoms with van der Waals surface area (Å²) in [4.78, 5) is 0. The molecule has 0 aromatic heterocycles. The summed E-state index contributed by atoms with van der Waals surface area (Å²) in [5.74, 6) is -2.41. The molecule has 0 spiro atoms. The maximum Gasteiger partial charge on any atom is 0.191 e. The molecular weight excluding hydrogens is 411 g/mol. The van der Waals surface area contributed by atoms with Gasteiger partial charge in [-0.25, -0.2) is 8.78 Å². The lowest BCUT2D eigenvalue weighted by Gasteiger charge is -2.26. The summed E-state index contributed by atoms with van der Waals surface area (Å²) in [6, 6.07) is 6.70. The minimum absolute atomic E-state index is 0.274.